The van der Waals surface area contributed by atoms with Crippen LogP contribution in [0.4, 0.5) is 30.2 Å². The molecule has 0 aromatic heterocycles. The third kappa shape index (κ3) is 6.64. The number of para-hydroxylation sites is 2. The molecule has 0 spiro atoms. The molecule has 0 unspecified atom stereocenters. The van der Waals surface area contributed by atoms with E-state index in [1.165, 1.54) is 30.3 Å². The van der Waals surface area contributed by atoms with Crippen LogP contribution in [0.15, 0.2) is 77.7 Å². The zero-order valence-corrected chi connectivity index (χ0v) is 18.8. The summed E-state index contributed by atoms with van der Waals surface area (Å²) in [4.78, 5) is 12.1. The highest BCUT2D eigenvalue weighted by Gasteiger charge is 2.30. The maximum absolute atomic E-state index is 12.9. The third-order valence-electron chi connectivity index (χ3n) is 4.52. The quantitative estimate of drug-likeness (QED) is 0.392. The van der Waals surface area contributed by atoms with Gasteiger partial charge in [-0.1, -0.05) is 18.2 Å². The van der Waals surface area contributed by atoms with E-state index in [-0.39, 0.29) is 23.0 Å². The van der Waals surface area contributed by atoms with E-state index < -0.39 is 21.8 Å². The summed E-state index contributed by atoms with van der Waals surface area (Å²) >= 11 is 0. The van der Waals surface area contributed by atoms with Crippen LogP contribution in [0.25, 0.3) is 0 Å². The SMILES string of the molecule is CCOc1ccccc1NC(=O)CNc1ccc(S(=O)(=O)Nc2cccc(C(F)(F)F)c2)cc1. The highest BCUT2D eigenvalue weighted by atomic mass is 32.2. The van der Waals surface area contributed by atoms with Crippen molar-refractivity contribution in [2.24, 2.45) is 0 Å². The van der Waals surface area contributed by atoms with Gasteiger partial charge in [0.1, 0.15) is 5.75 Å². The molecule has 0 radical (unpaired) electrons. The summed E-state index contributed by atoms with van der Waals surface area (Å²) in [6, 6.07) is 16.4. The smallest absolute Gasteiger partial charge is 0.416 e. The second kappa shape index (κ2) is 10.5. The minimum atomic E-state index is -4.59. The van der Waals surface area contributed by atoms with E-state index in [0.717, 1.165) is 18.2 Å². The summed E-state index contributed by atoms with van der Waals surface area (Å²) in [5.41, 5.74) is -0.167. The van der Waals surface area contributed by atoms with E-state index in [9.17, 15) is 26.4 Å². The number of halogens is 3. The molecule has 3 N–H and O–H groups in total. The zero-order chi connectivity index (χ0) is 24.8. The van der Waals surface area contributed by atoms with Gasteiger partial charge >= 0.3 is 6.18 Å². The van der Waals surface area contributed by atoms with Crippen molar-refractivity contribution in [1.82, 2.24) is 0 Å². The van der Waals surface area contributed by atoms with Crippen LogP contribution in [-0.2, 0) is 21.0 Å². The molecule has 0 aliphatic rings. The highest BCUT2D eigenvalue weighted by Crippen LogP contribution is 2.31. The molecule has 1 amide bonds. The first kappa shape index (κ1) is 24.9. The van der Waals surface area contributed by atoms with Crippen molar-refractivity contribution in [3.05, 3.63) is 78.4 Å². The number of carbonyl (C=O) groups is 1. The summed E-state index contributed by atoms with van der Waals surface area (Å²) in [6.07, 6.45) is -4.59. The lowest BCUT2D eigenvalue weighted by molar-refractivity contribution is -0.137. The van der Waals surface area contributed by atoms with Gasteiger partial charge in [0.2, 0.25) is 5.91 Å². The number of amides is 1. The third-order valence-corrected chi connectivity index (χ3v) is 5.92. The first-order valence-electron chi connectivity index (χ1n) is 10.1. The molecule has 180 valence electrons. The molecule has 7 nitrogen and oxygen atoms in total. The van der Waals surface area contributed by atoms with E-state index in [1.54, 1.807) is 24.3 Å². The largest absolute Gasteiger partial charge is 0.492 e. The van der Waals surface area contributed by atoms with Crippen molar-refractivity contribution in [3.63, 3.8) is 0 Å². The van der Waals surface area contributed by atoms with E-state index >= 15 is 0 Å². The van der Waals surface area contributed by atoms with Crippen molar-refractivity contribution in [2.45, 2.75) is 18.0 Å². The van der Waals surface area contributed by atoms with Gasteiger partial charge in [0, 0.05) is 11.4 Å². The number of alkyl halides is 3. The fraction of sp³-hybridized carbons (Fsp3) is 0.174. The number of hydrogen-bond acceptors (Lipinski definition) is 5. The lowest BCUT2D eigenvalue weighted by atomic mass is 10.2. The van der Waals surface area contributed by atoms with Crippen molar-refractivity contribution in [3.8, 4) is 5.75 Å². The van der Waals surface area contributed by atoms with E-state index in [2.05, 4.69) is 15.4 Å². The summed E-state index contributed by atoms with van der Waals surface area (Å²) in [7, 11) is -4.11. The average molecular weight is 494 g/mol. The Labute approximate surface area is 195 Å². The highest BCUT2D eigenvalue weighted by molar-refractivity contribution is 7.92. The Kier molecular flexibility index (Phi) is 7.67. The maximum Gasteiger partial charge on any atom is 0.416 e. The molecule has 0 atom stereocenters. The molecule has 3 rings (SSSR count). The summed E-state index contributed by atoms with van der Waals surface area (Å²) < 4.78 is 71.2. The van der Waals surface area contributed by atoms with Crippen LogP contribution in [0.3, 0.4) is 0 Å². The van der Waals surface area contributed by atoms with Crippen LogP contribution in [0.2, 0.25) is 0 Å². The molecule has 0 heterocycles. The second-order valence-electron chi connectivity index (χ2n) is 7.04. The van der Waals surface area contributed by atoms with Crippen LogP contribution < -0.4 is 20.1 Å². The van der Waals surface area contributed by atoms with Crippen LogP contribution in [0.5, 0.6) is 5.75 Å². The molecule has 0 aliphatic heterocycles. The predicted molar refractivity (Wildman–Crippen MR) is 123 cm³/mol. The normalized spacial score (nSPS) is 11.5. The van der Waals surface area contributed by atoms with Gasteiger partial charge in [0.05, 0.1) is 29.3 Å². The predicted octanol–water partition coefficient (Wildman–Crippen LogP) is 4.96. The summed E-state index contributed by atoms with van der Waals surface area (Å²) in [5.74, 6) is 0.205. The van der Waals surface area contributed by atoms with Crippen LogP contribution >= 0.6 is 0 Å². The molecule has 34 heavy (non-hydrogen) atoms. The lowest BCUT2D eigenvalue weighted by Crippen LogP contribution is -2.22. The molecule has 11 heteroatoms. The monoisotopic (exact) mass is 493 g/mol. The van der Waals surface area contributed by atoms with Gasteiger partial charge in [-0.2, -0.15) is 13.2 Å². The molecular weight excluding hydrogens is 471 g/mol. The van der Waals surface area contributed by atoms with Gasteiger partial charge in [-0.3, -0.25) is 9.52 Å². The lowest BCUT2D eigenvalue weighted by Gasteiger charge is -2.13. The van der Waals surface area contributed by atoms with Crippen LogP contribution in [0.1, 0.15) is 12.5 Å². The fourth-order valence-electron chi connectivity index (χ4n) is 2.95. The number of carbonyl (C=O) groups excluding carboxylic acids is 1. The number of hydrogen-bond donors (Lipinski definition) is 3. The Bertz CT molecular complexity index is 1250. The van der Waals surface area contributed by atoms with E-state index in [1.807, 2.05) is 6.92 Å². The topological polar surface area (TPSA) is 96.5 Å². The Balaban J connectivity index is 1.61. The molecule has 3 aromatic carbocycles. The Morgan fingerprint density at radius 3 is 2.32 bits per heavy atom. The first-order chi connectivity index (χ1) is 16.1. The maximum atomic E-state index is 12.9. The molecular formula is C23H22F3N3O4S. The number of benzene rings is 3. The first-order valence-corrected chi connectivity index (χ1v) is 11.6. The molecule has 0 saturated heterocycles. The molecule has 0 aliphatic carbocycles. The molecule has 0 fully saturated rings. The Morgan fingerprint density at radius 1 is 0.941 bits per heavy atom. The number of sulfonamides is 1. The molecule has 0 saturated carbocycles. The van der Waals surface area contributed by atoms with Gasteiger partial charge < -0.3 is 15.4 Å². The minimum Gasteiger partial charge on any atom is -0.492 e. The van der Waals surface area contributed by atoms with Gasteiger partial charge in [-0.15, -0.1) is 0 Å². The van der Waals surface area contributed by atoms with Crippen molar-refractivity contribution in [2.75, 3.05) is 28.5 Å². The standard InChI is InChI=1S/C23H22F3N3O4S/c1-2-33-21-9-4-3-8-20(21)28-22(30)15-27-17-10-12-19(13-11-17)34(31,32)29-18-7-5-6-16(14-18)23(24,25)26/h3-14,27,29H,2,15H2,1H3,(H,28,30). The number of anilines is 3. The molecule has 3 aromatic rings. The molecule has 0 bridgehead atoms. The van der Waals surface area contributed by atoms with Crippen molar-refractivity contribution >= 4 is 33.0 Å². The number of nitrogens with one attached hydrogen (secondary N) is 3. The van der Waals surface area contributed by atoms with Crippen LogP contribution in [-0.4, -0.2) is 27.5 Å². The summed E-state index contributed by atoms with van der Waals surface area (Å²) in [5, 5.41) is 5.61. The van der Waals surface area contributed by atoms with E-state index in [4.69, 9.17) is 4.74 Å². The Hall–Kier alpha value is -3.73. The van der Waals surface area contributed by atoms with Gasteiger partial charge in [0.25, 0.3) is 10.0 Å². The van der Waals surface area contributed by atoms with Crippen LogP contribution in [0, 0.1) is 0 Å². The van der Waals surface area contributed by atoms with Crippen molar-refractivity contribution in [1.29, 1.82) is 0 Å². The van der Waals surface area contributed by atoms with Gasteiger partial charge in [0.15, 0.2) is 0 Å². The number of rotatable bonds is 9. The van der Waals surface area contributed by atoms with Crippen molar-refractivity contribution < 1.29 is 31.1 Å². The second-order valence-corrected chi connectivity index (χ2v) is 8.72. The summed E-state index contributed by atoms with van der Waals surface area (Å²) in [6.45, 7) is 2.19. The van der Waals surface area contributed by atoms with E-state index in [0.29, 0.717) is 23.7 Å². The zero-order valence-electron chi connectivity index (χ0n) is 18.0. The fourth-order valence-corrected chi connectivity index (χ4v) is 4.00. The minimum absolute atomic E-state index is 0.0883. The Morgan fingerprint density at radius 2 is 1.65 bits per heavy atom. The number of ether oxygens (including phenoxy) is 1. The average Bonchev–Trinajstić information content (AvgIpc) is 2.79. The van der Waals surface area contributed by atoms with Gasteiger partial charge in [-0.25, -0.2) is 8.42 Å². The van der Waals surface area contributed by atoms with Gasteiger partial charge in [-0.05, 0) is 61.5 Å².